The van der Waals surface area contributed by atoms with Gasteiger partial charge in [0.05, 0.1) is 0 Å². The van der Waals surface area contributed by atoms with E-state index in [2.05, 4.69) is 48.3 Å². The van der Waals surface area contributed by atoms with Gasteiger partial charge >= 0.3 is 0 Å². The molecule has 0 saturated carbocycles. The normalized spacial score (nSPS) is 15.3. The first-order valence-electron chi connectivity index (χ1n) is 7.21. The highest BCUT2D eigenvalue weighted by molar-refractivity contribution is 5.76. The van der Waals surface area contributed by atoms with Gasteiger partial charge in [-0.2, -0.15) is 0 Å². The lowest BCUT2D eigenvalue weighted by molar-refractivity contribution is -0.121. The molecule has 1 aromatic rings. The quantitative estimate of drug-likeness (QED) is 0.880. The molecule has 0 unspecified atom stereocenters. The summed E-state index contributed by atoms with van der Waals surface area (Å²) >= 11 is 0. The molecule has 2 rings (SSSR count). The fourth-order valence-electron chi connectivity index (χ4n) is 2.41. The van der Waals surface area contributed by atoms with Crippen molar-refractivity contribution in [3.8, 4) is 0 Å². The van der Waals surface area contributed by atoms with Gasteiger partial charge < -0.3 is 5.32 Å². The average molecular weight is 260 g/mol. The lowest BCUT2D eigenvalue weighted by Gasteiger charge is -2.28. The van der Waals surface area contributed by atoms with Crippen LogP contribution < -0.4 is 5.32 Å². The standard InChI is InChI=1S/C16H24N2O/c1-13(2)11-17-16(19)8-10-18-9-7-14-5-3-4-6-15(14)12-18/h3-6,13H,7-12H2,1-2H3,(H,17,19). The molecular weight excluding hydrogens is 236 g/mol. The monoisotopic (exact) mass is 260 g/mol. The van der Waals surface area contributed by atoms with Crippen LogP contribution in [0.5, 0.6) is 0 Å². The maximum Gasteiger partial charge on any atom is 0.221 e. The smallest absolute Gasteiger partial charge is 0.221 e. The van der Waals surface area contributed by atoms with Crippen molar-refractivity contribution in [3.05, 3.63) is 35.4 Å². The fourth-order valence-corrected chi connectivity index (χ4v) is 2.41. The van der Waals surface area contributed by atoms with Gasteiger partial charge in [-0.3, -0.25) is 9.69 Å². The molecule has 0 fully saturated rings. The van der Waals surface area contributed by atoms with E-state index in [1.54, 1.807) is 0 Å². The van der Waals surface area contributed by atoms with Gasteiger partial charge in [0.1, 0.15) is 0 Å². The Balaban J connectivity index is 1.75. The topological polar surface area (TPSA) is 32.3 Å². The van der Waals surface area contributed by atoms with Gasteiger partial charge in [-0.05, 0) is 23.5 Å². The van der Waals surface area contributed by atoms with E-state index in [0.717, 1.165) is 32.6 Å². The van der Waals surface area contributed by atoms with Gasteiger partial charge in [0.15, 0.2) is 0 Å². The Labute approximate surface area is 116 Å². The maximum atomic E-state index is 11.7. The van der Waals surface area contributed by atoms with Gasteiger partial charge in [-0.1, -0.05) is 38.1 Å². The van der Waals surface area contributed by atoms with Crippen LogP contribution in [0.1, 0.15) is 31.4 Å². The second kappa shape index (κ2) is 6.71. The van der Waals surface area contributed by atoms with Gasteiger partial charge in [0.2, 0.25) is 5.91 Å². The summed E-state index contributed by atoms with van der Waals surface area (Å²) in [6, 6.07) is 8.61. The predicted octanol–water partition coefficient (Wildman–Crippen LogP) is 2.21. The highest BCUT2D eigenvalue weighted by Crippen LogP contribution is 2.18. The highest BCUT2D eigenvalue weighted by Gasteiger charge is 2.16. The van der Waals surface area contributed by atoms with Crippen LogP contribution in [0.4, 0.5) is 0 Å². The Kier molecular flexibility index (Phi) is 4.97. The number of hydrogen-bond donors (Lipinski definition) is 1. The van der Waals surface area contributed by atoms with Crippen molar-refractivity contribution in [3.63, 3.8) is 0 Å². The first-order chi connectivity index (χ1) is 9.15. The molecule has 1 heterocycles. The van der Waals surface area contributed by atoms with E-state index in [0.29, 0.717) is 12.3 Å². The molecule has 1 aliphatic heterocycles. The van der Waals surface area contributed by atoms with E-state index in [-0.39, 0.29) is 5.91 Å². The predicted molar refractivity (Wildman–Crippen MR) is 77.9 cm³/mol. The number of rotatable bonds is 5. The molecule has 0 radical (unpaired) electrons. The second-order valence-electron chi connectivity index (χ2n) is 5.74. The van der Waals surface area contributed by atoms with Crippen molar-refractivity contribution < 1.29 is 4.79 Å². The summed E-state index contributed by atoms with van der Waals surface area (Å²) in [6.07, 6.45) is 1.71. The molecule has 3 nitrogen and oxygen atoms in total. The zero-order chi connectivity index (χ0) is 13.7. The molecule has 104 valence electrons. The summed E-state index contributed by atoms with van der Waals surface area (Å²) < 4.78 is 0. The van der Waals surface area contributed by atoms with Crippen molar-refractivity contribution in [1.29, 1.82) is 0 Å². The Bertz CT molecular complexity index is 429. The van der Waals surface area contributed by atoms with E-state index in [9.17, 15) is 4.79 Å². The number of hydrogen-bond acceptors (Lipinski definition) is 2. The molecule has 1 N–H and O–H groups in total. The van der Waals surface area contributed by atoms with Gasteiger partial charge in [0.25, 0.3) is 0 Å². The maximum absolute atomic E-state index is 11.7. The molecule has 0 aliphatic carbocycles. The number of nitrogens with one attached hydrogen (secondary N) is 1. The molecule has 0 aromatic heterocycles. The zero-order valence-electron chi connectivity index (χ0n) is 12.0. The zero-order valence-corrected chi connectivity index (χ0v) is 12.0. The average Bonchev–Trinajstić information content (AvgIpc) is 2.42. The van der Waals surface area contributed by atoms with Crippen LogP contribution in [0.2, 0.25) is 0 Å². The Hall–Kier alpha value is -1.35. The highest BCUT2D eigenvalue weighted by atomic mass is 16.1. The minimum absolute atomic E-state index is 0.174. The van der Waals surface area contributed by atoms with E-state index < -0.39 is 0 Å². The van der Waals surface area contributed by atoms with Crippen LogP contribution in [-0.2, 0) is 17.8 Å². The van der Waals surface area contributed by atoms with Crippen LogP contribution in [0.15, 0.2) is 24.3 Å². The third kappa shape index (κ3) is 4.35. The number of carbonyl (C=O) groups is 1. The number of nitrogens with zero attached hydrogens (tertiary/aromatic N) is 1. The summed E-state index contributed by atoms with van der Waals surface area (Å²) in [6.45, 7) is 7.91. The van der Waals surface area contributed by atoms with Crippen molar-refractivity contribution in [2.45, 2.75) is 33.2 Å². The van der Waals surface area contributed by atoms with E-state index in [1.165, 1.54) is 11.1 Å². The lowest BCUT2D eigenvalue weighted by atomic mass is 10.00. The Morgan fingerprint density at radius 3 is 2.79 bits per heavy atom. The summed E-state index contributed by atoms with van der Waals surface area (Å²) in [7, 11) is 0. The first-order valence-corrected chi connectivity index (χ1v) is 7.21. The third-order valence-corrected chi connectivity index (χ3v) is 3.57. The van der Waals surface area contributed by atoms with E-state index in [4.69, 9.17) is 0 Å². The summed E-state index contributed by atoms with van der Waals surface area (Å²) in [5.74, 6) is 0.693. The first kappa shape index (κ1) is 14.1. The largest absolute Gasteiger partial charge is 0.356 e. The minimum atomic E-state index is 0.174. The van der Waals surface area contributed by atoms with Crippen LogP contribution in [0.3, 0.4) is 0 Å². The van der Waals surface area contributed by atoms with Crippen molar-refractivity contribution in [2.75, 3.05) is 19.6 Å². The molecule has 1 aliphatic rings. The Morgan fingerprint density at radius 1 is 1.32 bits per heavy atom. The third-order valence-electron chi connectivity index (χ3n) is 3.57. The molecule has 1 aromatic carbocycles. The molecule has 0 bridgehead atoms. The minimum Gasteiger partial charge on any atom is -0.356 e. The lowest BCUT2D eigenvalue weighted by Crippen LogP contribution is -2.35. The van der Waals surface area contributed by atoms with Crippen LogP contribution in [-0.4, -0.2) is 30.4 Å². The van der Waals surface area contributed by atoms with Crippen molar-refractivity contribution in [1.82, 2.24) is 10.2 Å². The van der Waals surface area contributed by atoms with Gasteiger partial charge in [0, 0.05) is 32.6 Å². The molecule has 0 atom stereocenters. The molecule has 0 spiro atoms. The summed E-state index contributed by atoms with van der Waals surface area (Å²) in [4.78, 5) is 14.1. The second-order valence-corrected chi connectivity index (χ2v) is 5.74. The number of carbonyl (C=O) groups excluding carboxylic acids is 1. The van der Waals surface area contributed by atoms with E-state index >= 15 is 0 Å². The Morgan fingerprint density at radius 2 is 2.05 bits per heavy atom. The number of benzene rings is 1. The summed E-state index contributed by atoms with van der Waals surface area (Å²) in [5.41, 5.74) is 2.87. The van der Waals surface area contributed by atoms with Crippen LogP contribution in [0.25, 0.3) is 0 Å². The van der Waals surface area contributed by atoms with Crippen LogP contribution in [0, 0.1) is 5.92 Å². The number of amides is 1. The fraction of sp³-hybridized carbons (Fsp3) is 0.562. The summed E-state index contributed by atoms with van der Waals surface area (Å²) in [5, 5.41) is 2.98. The molecule has 0 saturated heterocycles. The molecule has 1 amide bonds. The van der Waals surface area contributed by atoms with Crippen molar-refractivity contribution >= 4 is 5.91 Å². The molecule has 3 heteroatoms. The SMILES string of the molecule is CC(C)CNC(=O)CCN1CCc2ccccc2C1. The number of fused-ring (bicyclic) bond motifs is 1. The van der Waals surface area contributed by atoms with Crippen molar-refractivity contribution in [2.24, 2.45) is 5.92 Å². The van der Waals surface area contributed by atoms with E-state index in [1.807, 2.05) is 0 Å². The van der Waals surface area contributed by atoms with Crippen LogP contribution >= 0.6 is 0 Å². The molecular formula is C16H24N2O. The molecule has 19 heavy (non-hydrogen) atoms. The van der Waals surface area contributed by atoms with Gasteiger partial charge in [-0.25, -0.2) is 0 Å². The van der Waals surface area contributed by atoms with Gasteiger partial charge in [-0.15, -0.1) is 0 Å².